The summed E-state index contributed by atoms with van der Waals surface area (Å²) in [5.41, 5.74) is 1.10. The molecule has 2 aliphatic heterocycles. The fourth-order valence-electron chi connectivity index (χ4n) is 4.56. The van der Waals surface area contributed by atoms with Crippen molar-refractivity contribution in [3.63, 3.8) is 0 Å². The lowest BCUT2D eigenvalue weighted by Gasteiger charge is -2.49. The second-order valence-electron chi connectivity index (χ2n) is 8.68. The van der Waals surface area contributed by atoms with Gasteiger partial charge in [-0.05, 0) is 36.2 Å². The molecule has 1 spiro atoms. The van der Waals surface area contributed by atoms with Gasteiger partial charge in [-0.1, -0.05) is 44.2 Å². The summed E-state index contributed by atoms with van der Waals surface area (Å²) in [6, 6.07) is 9.98. The lowest BCUT2D eigenvalue weighted by atomic mass is 9.67. The van der Waals surface area contributed by atoms with Gasteiger partial charge in [0.15, 0.2) is 0 Å². The van der Waals surface area contributed by atoms with Crippen LogP contribution in [0, 0.1) is 11.3 Å². The molecule has 3 rings (SSSR count). The Bertz CT molecular complexity index is 706. The molecular formula is C22H30N2O3. The van der Waals surface area contributed by atoms with Crippen LogP contribution in [-0.4, -0.2) is 54.1 Å². The molecule has 1 aromatic rings. The third kappa shape index (κ3) is 4.23. The van der Waals surface area contributed by atoms with E-state index in [1.54, 1.807) is 4.90 Å². The van der Waals surface area contributed by atoms with E-state index in [9.17, 15) is 14.4 Å². The molecule has 0 unspecified atom stereocenters. The largest absolute Gasteiger partial charge is 0.345 e. The van der Waals surface area contributed by atoms with E-state index >= 15 is 0 Å². The van der Waals surface area contributed by atoms with E-state index in [0.29, 0.717) is 19.5 Å². The van der Waals surface area contributed by atoms with Gasteiger partial charge in [0.05, 0.1) is 5.92 Å². The second-order valence-corrected chi connectivity index (χ2v) is 8.68. The zero-order chi connectivity index (χ0) is 19.6. The van der Waals surface area contributed by atoms with Crippen LogP contribution in [0.1, 0.15) is 51.0 Å². The van der Waals surface area contributed by atoms with Gasteiger partial charge in [0, 0.05) is 33.1 Å². The van der Waals surface area contributed by atoms with Crippen molar-refractivity contribution in [3.05, 3.63) is 35.9 Å². The van der Waals surface area contributed by atoms with Crippen molar-refractivity contribution >= 4 is 17.6 Å². The molecule has 0 saturated carbocycles. The Balaban J connectivity index is 1.68. The van der Waals surface area contributed by atoms with Crippen LogP contribution >= 0.6 is 0 Å². The zero-order valence-electron chi connectivity index (χ0n) is 16.6. The molecule has 1 atom stereocenters. The minimum atomic E-state index is -0.335. The first-order valence-corrected chi connectivity index (χ1v) is 9.93. The van der Waals surface area contributed by atoms with Gasteiger partial charge >= 0.3 is 0 Å². The number of likely N-dealkylation sites (N-methyl/N-ethyl adjacent to an activating group) is 1. The second kappa shape index (κ2) is 7.83. The van der Waals surface area contributed by atoms with E-state index in [1.165, 1.54) is 0 Å². The number of amides is 2. The number of carbonyl (C=O) groups excluding carboxylic acids is 3. The van der Waals surface area contributed by atoms with Crippen LogP contribution in [0.25, 0.3) is 0 Å². The van der Waals surface area contributed by atoms with Crippen molar-refractivity contribution in [3.8, 4) is 0 Å². The predicted octanol–water partition coefficient (Wildman–Crippen LogP) is 2.86. The molecule has 146 valence electrons. The Hall–Kier alpha value is -2.17. The van der Waals surface area contributed by atoms with Gasteiger partial charge in [0.1, 0.15) is 0 Å². The van der Waals surface area contributed by atoms with Gasteiger partial charge in [0.25, 0.3) is 5.91 Å². The molecule has 2 fully saturated rings. The maximum absolute atomic E-state index is 12.7. The highest BCUT2D eigenvalue weighted by molar-refractivity contribution is 6.36. The van der Waals surface area contributed by atoms with Crippen molar-refractivity contribution in [1.29, 1.82) is 0 Å². The topological polar surface area (TPSA) is 57.7 Å². The fourth-order valence-corrected chi connectivity index (χ4v) is 4.56. The number of piperidine rings is 2. The number of Topliss-reactive ketones (excluding diaryl/α,β-unsaturated/α-hetero) is 1. The molecular weight excluding hydrogens is 340 g/mol. The smallest absolute Gasteiger partial charge is 0.289 e. The maximum Gasteiger partial charge on any atom is 0.289 e. The van der Waals surface area contributed by atoms with Gasteiger partial charge in [-0.3, -0.25) is 14.4 Å². The van der Waals surface area contributed by atoms with E-state index in [-0.39, 0.29) is 34.8 Å². The summed E-state index contributed by atoms with van der Waals surface area (Å²) in [6.07, 6.45) is 2.82. The number of benzene rings is 1. The van der Waals surface area contributed by atoms with Gasteiger partial charge in [0.2, 0.25) is 11.7 Å². The van der Waals surface area contributed by atoms with E-state index < -0.39 is 0 Å². The van der Waals surface area contributed by atoms with Crippen LogP contribution in [0.3, 0.4) is 0 Å². The Labute approximate surface area is 161 Å². The Kier molecular flexibility index (Phi) is 5.68. The molecule has 27 heavy (non-hydrogen) atoms. The highest BCUT2D eigenvalue weighted by atomic mass is 16.2. The van der Waals surface area contributed by atoms with Gasteiger partial charge in [-0.15, -0.1) is 0 Å². The number of hydrogen-bond acceptors (Lipinski definition) is 3. The summed E-state index contributed by atoms with van der Waals surface area (Å²) in [4.78, 5) is 40.8. The Morgan fingerprint density at radius 3 is 2.37 bits per heavy atom. The normalized spacial score (nSPS) is 22.4. The van der Waals surface area contributed by atoms with Crippen molar-refractivity contribution in [2.75, 3.05) is 26.7 Å². The van der Waals surface area contributed by atoms with Crippen LogP contribution in [0.5, 0.6) is 0 Å². The van der Waals surface area contributed by atoms with Gasteiger partial charge in [-0.25, -0.2) is 0 Å². The van der Waals surface area contributed by atoms with Crippen LogP contribution in [0.2, 0.25) is 0 Å². The van der Waals surface area contributed by atoms with Crippen LogP contribution in [0.15, 0.2) is 30.3 Å². The van der Waals surface area contributed by atoms with E-state index in [2.05, 4.69) is 0 Å². The lowest BCUT2D eigenvalue weighted by Crippen LogP contribution is -2.54. The average molecular weight is 370 g/mol. The van der Waals surface area contributed by atoms with Crippen molar-refractivity contribution in [2.24, 2.45) is 11.3 Å². The first kappa shape index (κ1) is 19.6. The fraction of sp³-hybridized carbons (Fsp3) is 0.591. The van der Waals surface area contributed by atoms with Crippen LogP contribution in [0.4, 0.5) is 0 Å². The molecule has 2 saturated heterocycles. The van der Waals surface area contributed by atoms with E-state index in [0.717, 1.165) is 31.4 Å². The highest BCUT2D eigenvalue weighted by Gasteiger charge is 2.45. The number of hydrogen-bond donors (Lipinski definition) is 0. The summed E-state index contributed by atoms with van der Waals surface area (Å²) < 4.78 is 0. The highest BCUT2D eigenvalue weighted by Crippen LogP contribution is 2.45. The van der Waals surface area contributed by atoms with Crippen LogP contribution in [-0.2, 0) is 14.4 Å². The molecule has 5 nitrogen and oxygen atoms in total. The molecule has 0 bridgehead atoms. The summed E-state index contributed by atoms with van der Waals surface area (Å²) in [5, 5.41) is 0. The van der Waals surface area contributed by atoms with E-state index in [1.807, 2.05) is 56.1 Å². The van der Waals surface area contributed by atoms with Gasteiger partial charge in [-0.2, -0.15) is 0 Å². The molecule has 2 aliphatic rings. The first-order chi connectivity index (χ1) is 12.8. The molecule has 0 N–H and O–H groups in total. The van der Waals surface area contributed by atoms with Gasteiger partial charge < -0.3 is 9.80 Å². The predicted molar refractivity (Wildman–Crippen MR) is 104 cm³/mol. The summed E-state index contributed by atoms with van der Waals surface area (Å²) in [6.45, 7) is 5.85. The monoisotopic (exact) mass is 370 g/mol. The molecule has 2 heterocycles. The average Bonchev–Trinajstić information content (AvgIpc) is 2.65. The number of carbonyl (C=O) groups is 3. The molecule has 0 aliphatic carbocycles. The minimum absolute atomic E-state index is 0.0288. The molecule has 2 amide bonds. The molecule has 0 radical (unpaired) electrons. The maximum atomic E-state index is 12.7. The SMILES string of the molecule is CC(C)CC(=O)C(=O)N1CCC2(CC1)C[C@@H](c1ccccc1)C(=O)N(C)C2. The summed E-state index contributed by atoms with van der Waals surface area (Å²) in [7, 11) is 1.88. The minimum Gasteiger partial charge on any atom is -0.345 e. The molecule has 1 aromatic carbocycles. The van der Waals surface area contributed by atoms with Crippen molar-refractivity contribution < 1.29 is 14.4 Å². The quantitative estimate of drug-likeness (QED) is 0.766. The number of nitrogens with zero attached hydrogens (tertiary/aromatic N) is 2. The zero-order valence-corrected chi connectivity index (χ0v) is 16.6. The third-order valence-electron chi connectivity index (χ3n) is 6.03. The number of ketones is 1. The first-order valence-electron chi connectivity index (χ1n) is 9.93. The summed E-state index contributed by atoms with van der Waals surface area (Å²) >= 11 is 0. The molecule has 0 aromatic heterocycles. The van der Waals surface area contributed by atoms with E-state index in [4.69, 9.17) is 0 Å². The lowest BCUT2D eigenvalue weighted by molar-refractivity contribution is -0.148. The number of rotatable bonds is 4. The standard InChI is InChI=1S/C22H30N2O3/c1-16(2)13-19(25)21(27)24-11-9-22(10-12-24)14-18(20(26)23(3)15-22)17-7-5-4-6-8-17/h4-8,16,18H,9-15H2,1-3H3/t18-/m0/s1. The summed E-state index contributed by atoms with van der Waals surface area (Å²) in [5.74, 6) is -0.355. The Morgan fingerprint density at radius 1 is 1.15 bits per heavy atom. The number of likely N-dealkylation sites (tertiary alicyclic amines) is 2. The van der Waals surface area contributed by atoms with Crippen LogP contribution < -0.4 is 0 Å². The van der Waals surface area contributed by atoms with Crippen molar-refractivity contribution in [2.45, 2.75) is 45.4 Å². The van der Waals surface area contributed by atoms with Crippen molar-refractivity contribution in [1.82, 2.24) is 9.80 Å². The Morgan fingerprint density at radius 2 is 1.78 bits per heavy atom. The molecule has 5 heteroatoms. The third-order valence-corrected chi connectivity index (χ3v) is 6.03.